The molecule has 0 radical (unpaired) electrons. The average molecular weight is 389 g/mol. The lowest BCUT2D eigenvalue weighted by atomic mass is 10.1. The Hall–Kier alpha value is -1.21. The van der Waals surface area contributed by atoms with Gasteiger partial charge in [0.1, 0.15) is 0 Å². The smallest absolute Gasteiger partial charge is 0.306 e. The molecule has 0 bridgehead atoms. The Kier molecular flexibility index (Phi) is 5.39. The van der Waals surface area contributed by atoms with E-state index in [1.807, 2.05) is 0 Å². The third-order valence-corrected chi connectivity index (χ3v) is 5.95. The van der Waals surface area contributed by atoms with Crippen LogP contribution < -0.4 is 0 Å². The Morgan fingerprint density at radius 1 is 1.32 bits per heavy atom. The molecule has 0 aliphatic carbocycles. The number of sulfone groups is 1. The van der Waals surface area contributed by atoms with Gasteiger partial charge in [0.05, 0.1) is 11.5 Å². The number of benzene rings is 1. The Morgan fingerprint density at radius 3 is 2.50 bits per heavy atom. The lowest BCUT2D eigenvalue weighted by Crippen LogP contribution is -2.25. The Bertz CT molecular complexity index is 666. The summed E-state index contributed by atoms with van der Waals surface area (Å²) in [5.74, 6) is -0.859. The van der Waals surface area contributed by atoms with Crippen LogP contribution >= 0.6 is 15.9 Å². The topological polar surface area (TPSA) is 77.5 Å². The first kappa shape index (κ1) is 17.1. The summed E-state index contributed by atoms with van der Waals surface area (Å²) in [6, 6.07) is 6.79. The minimum atomic E-state index is -3.01. The monoisotopic (exact) mass is 388 g/mol. The molecule has 22 heavy (non-hydrogen) atoms. The first-order valence-corrected chi connectivity index (χ1v) is 9.58. The van der Waals surface area contributed by atoms with E-state index in [0.29, 0.717) is 12.0 Å². The van der Waals surface area contributed by atoms with Gasteiger partial charge in [-0.2, -0.15) is 0 Å². The highest BCUT2D eigenvalue weighted by Gasteiger charge is 2.30. The maximum atomic E-state index is 12.1. The first-order valence-electron chi connectivity index (χ1n) is 6.96. The van der Waals surface area contributed by atoms with Crippen LogP contribution in [-0.2, 0) is 19.4 Å². The van der Waals surface area contributed by atoms with E-state index in [2.05, 4.69) is 15.9 Å². The van der Waals surface area contributed by atoms with Crippen LogP contribution in [0.3, 0.4) is 0 Å². The fourth-order valence-electron chi connectivity index (χ4n) is 2.42. The van der Waals surface area contributed by atoms with Crippen LogP contribution in [0, 0.1) is 5.92 Å². The maximum Gasteiger partial charge on any atom is 0.306 e. The quantitative estimate of drug-likeness (QED) is 0.571. The predicted octanol–water partition coefficient (Wildman–Crippen LogP) is 2.39. The second-order valence-electron chi connectivity index (χ2n) is 5.48. The normalized spacial score (nSPS) is 21.3. The molecule has 1 aliphatic heterocycles. The molecule has 2 atom stereocenters. The van der Waals surface area contributed by atoms with Gasteiger partial charge in [-0.15, -0.1) is 0 Å². The van der Waals surface area contributed by atoms with Crippen LogP contribution in [0.1, 0.15) is 30.1 Å². The van der Waals surface area contributed by atoms with Gasteiger partial charge in [-0.25, -0.2) is 8.42 Å². The van der Waals surface area contributed by atoms with Crippen molar-refractivity contribution in [3.8, 4) is 0 Å². The van der Waals surface area contributed by atoms with Crippen LogP contribution in [-0.4, -0.2) is 37.8 Å². The largest absolute Gasteiger partial charge is 0.454 e. The Labute approximate surface area is 138 Å². The summed E-state index contributed by atoms with van der Waals surface area (Å²) in [6.45, 7) is 1.52. The molecule has 0 N–H and O–H groups in total. The molecule has 0 unspecified atom stereocenters. The summed E-state index contributed by atoms with van der Waals surface area (Å²) in [4.78, 5) is 24.0. The number of esters is 1. The van der Waals surface area contributed by atoms with Gasteiger partial charge in [0, 0.05) is 16.5 Å². The summed E-state index contributed by atoms with van der Waals surface area (Å²) in [7, 11) is -3.01. The molecular weight excluding hydrogens is 372 g/mol. The SMILES string of the molecule is C[C@@H](OC(=O)C[C@H]1CCS(=O)(=O)C1)C(=O)c1ccc(Br)cc1. The molecule has 1 fully saturated rings. The number of halogens is 1. The number of carbonyl (C=O) groups excluding carboxylic acids is 2. The Morgan fingerprint density at radius 2 is 1.95 bits per heavy atom. The number of rotatable bonds is 5. The summed E-state index contributed by atoms with van der Waals surface area (Å²) in [5, 5.41) is 0. The Balaban J connectivity index is 1.88. The van der Waals surface area contributed by atoms with Crippen LogP contribution in [0.4, 0.5) is 0 Å². The highest BCUT2D eigenvalue weighted by Crippen LogP contribution is 2.22. The number of hydrogen-bond donors (Lipinski definition) is 0. The molecule has 0 spiro atoms. The molecule has 0 amide bonds. The molecule has 7 heteroatoms. The van der Waals surface area contributed by atoms with Crippen LogP contribution in [0.25, 0.3) is 0 Å². The van der Waals surface area contributed by atoms with Crippen molar-refractivity contribution in [2.75, 3.05) is 11.5 Å². The van der Waals surface area contributed by atoms with E-state index in [1.165, 1.54) is 6.92 Å². The molecular formula is C15H17BrO5S. The number of ether oxygens (including phenoxy) is 1. The van der Waals surface area contributed by atoms with E-state index in [4.69, 9.17) is 4.74 Å². The van der Waals surface area contributed by atoms with Crippen molar-refractivity contribution in [2.24, 2.45) is 5.92 Å². The fourth-order valence-corrected chi connectivity index (χ4v) is 4.54. The standard InChI is InChI=1S/C15H17BrO5S/c1-10(15(18)12-2-4-13(16)5-3-12)21-14(17)8-11-6-7-22(19,20)9-11/h2-5,10-11H,6-9H2,1H3/t10-,11-/m1/s1. The van der Waals surface area contributed by atoms with Crippen LogP contribution in [0.5, 0.6) is 0 Å². The van der Waals surface area contributed by atoms with Gasteiger partial charge in [-0.05, 0) is 31.4 Å². The number of Topliss-reactive ketones (excluding diaryl/α,β-unsaturated/α-hetero) is 1. The van der Waals surface area contributed by atoms with Crippen molar-refractivity contribution in [3.63, 3.8) is 0 Å². The zero-order chi connectivity index (χ0) is 16.3. The van der Waals surface area contributed by atoms with E-state index in [0.717, 1.165) is 4.47 Å². The van der Waals surface area contributed by atoms with Gasteiger partial charge in [-0.3, -0.25) is 9.59 Å². The lowest BCUT2D eigenvalue weighted by Gasteiger charge is -2.14. The van der Waals surface area contributed by atoms with Gasteiger partial charge in [0.2, 0.25) is 5.78 Å². The van der Waals surface area contributed by atoms with Gasteiger partial charge in [0.25, 0.3) is 0 Å². The van der Waals surface area contributed by atoms with Crippen molar-refractivity contribution in [3.05, 3.63) is 34.3 Å². The van der Waals surface area contributed by atoms with Gasteiger partial charge in [0.15, 0.2) is 15.9 Å². The maximum absolute atomic E-state index is 12.1. The highest BCUT2D eigenvalue weighted by molar-refractivity contribution is 9.10. The van der Waals surface area contributed by atoms with E-state index in [1.54, 1.807) is 24.3 Å². The number of hydrogen-bond acceptors (Lipinski definition) is 5. The molecule has 5 nitrogen and oxygen atoms in total. The van der Waals surface area contributed by atoms with Crippen LogP contribution in [0.2, 0.25) is 0 Å². The van der Waals surface area contributed by atoms with Crippen molar-refractivity contribution >= 4 is 37.5 Å². The zero-order valence-corrected chi connectivity index (χ0v) is 14.5. The first-order chi connectivity index (χ1) is 10.3. The number of ketones is 1. The van der Waals surface area contributed by atoms with E-state index >= 15 is 0 Å². The summed E-state index contributed by atoms with van der Waals surface area (Å²) in [6.07, 6.45) is -0.365. The van der Waals surface area contributed by atoms with Crippen molar-refractivity contribution in [1.82, 2.24) is 0 Å². The molecule has 1 aromatic rings. The molecule has 1 aromatic carbocycles. The minimum absolute atomic E-state index is 0.0249. The second kappa shape index (κ2) is 6.91. The van der Waals surface area contributed by atoms with Crippen molar-refractivity contribution in [1.29, 1.82) is 0 Å². The van der Waals surface area contributed by atoms with Gasteiger partial charge >= 0.3 is 5.97 Å². The molecule has 1 heterocycles. The van der Waals surface area contributed by atoms with E-state index in [-0.39, 0.29) is 29.6 Å². The van der Waals surface area contributed by atoms with E-state index in [9.17, 15) is 18.0 Å². The van der Waals surface area contributed by atoms with Crippen LogP contribution in [0.15, 0.2) is 28.7 Å². The third kappa shape index (κ3) is 4.64. The van der Waals surface area contributed by atoms with Gasteiger partial charge < -0.3 is 4.74 Å². The zero-order valence-electron chi connectivity index (χ0n) is 12.1. The lowest BCUT2D eigenvalue weighted by molar-refractivity contribution is -0.147. The molecule has 120 valence electrons. The minimum Gasteiger partial charge on any atom is -0.454 e. The molecule has 0 aromatic heterocycles. The molecule has 0 saturated carbocycles. The second-order valence-corrected chi connectivity index (χ2v) is 8.62. The molecule has 2 rings (SSSR count). The number of carbonyl (C=O) groups is 2. The third-order valence-electron chi connectivity index (χ3n) is 3.59. The fraction of sp³-hybridized carbons (Fsp3) is 0.467. The summed E-state index contributed by atoms with van der Waals surface area (Å²) < 4.78 is 28.7. The van der Waals surface area contributed by atoms with Crippen molar-refractivity contribution in [2.45, 2.75) is 25.9 Å². The molecule has 1 aliphatic rings. The van der Waals surface area contributed by atoms with Crippen molar-refractivity contribution < 1.29 is 22.7 Å². The summed E-state index contributed by atoms with van der Waals surface area (Å²) in [5.41, 5.74) is 0.465. The highest BCUT2D eigenvalue weighted by atomic mass is 79.9. The van der Waals surface area contributed by atoms with E-state index < -0.39 is 21.9 Å². The van der Waals surface area contributed by atoms with Gasteiger partial charge in [-0.1, -0.05) is 28.1 Å². The average Bonchev–Trinajstić information content (AvgIpc) is 2.77. The molecule has 1 saturated heterocycles. The predicted molar refractivity (Wildman–Crippen MR) is 85.4 cm³/mol. The summed E-state index contributed by atoms with van der Waals surface area (Å²) >= 11 is 3.28.